The van der Waals surface area contributed by atoms with Crippen LogP contribution in [-0.4, -0.2) is 19.9 Å². The van der Waals surface area contributed by atoms with Crippen LogP contribution < -0.4 is 5.56 Å². The SMILES string of the molecule is Cc1c2c(n(C)c(=O)c1Cl)CN(C(=O)c1cc(C(F)(F)F)n(C)c1)C2. The smallest absolute Gasteiger partial charge is 0.346 e. The Morgan fingerprint density at radius 1 is 1.24 bits per heavy atom. The number of aromatic nitrogens is 2. The second-order valence-electron chi connectivity index (χ2n) is 6.11. The van der Waals surface area contributed by atoms with Crippen molar-refractivity contribution in [2.75, 3.05) is 0 Å². The van der Waals surface area contributed by atoms with E-state index in [2.05, 4.69) is 0 Å². The second kappa shape index (κ2) is 5.66. The number of alkyl halides is 3. The number of carbonyl (C=O) groups is 1. The molecule has 2 aromatic heterocycles. The van der Waals surface area contributed by atoms with Crippen molar-refractivity contribution >= 4 is 17.5 Å². The summed E-state index contributed by atoms with van der Waals surface area (Å²) in [6.45, 7) is 2.04. The van der Waals surface area contributed by atoms with Gasteiger partial charge in [-0.3, -0.25) is 9.59 Å². The fraction of sp³-hybridized carbons (Fsp3) is 0.375. The minimum absolute atomic E-state index is 0.0450. The lowest BCUT2D eigenvalue weighted by Gasteiger charge is -2.14. The molecule has 0 aromatic carbocycles. The third-order valence-electron chi connectivity index (χ3n) is 4.55. The van der Waals surface area contributed by atoms with Gasteiger partial charge in [-0.1, -0.05) is 11.6 Å². The average molecular weight is 374 g/mol. The summed E-state index contributed by atoms with van der Waals surface area (Å²) in [5, 5.41) is 0.0922. The van der Waals surface area contributed by atoms with Crippen molar-refractivity contribution in [2.45, 2.75) is 26.2 Å². The van der Waals surface area contributed by atoms with Crippen LogP contribution in [0.5, 0.6) is 0 Å². The highest BCUT2D eigenvalue weighted by atomic mass is 35.5. The van der Waals surface area contributed by atoms with Crippen molar-refractivity contribution in [3.8, 4) is 0 Å². The molecule has 3 rings (SSSR count). The van der Waals surface area contributed by atoms with E-state index in [1.165, 1.54) is 16.5 Å². The van der Waals surface area contributed by atoms with Crippen LogP contribution in [0.4, 0.5) is 13.2 Å². The maximum atomic E-state index is 12.9. The van der Waals surface area contributed by atoms with Gasteiger partial charge in [0.25, 0.3) is 11.5 Å². The van der Waals surface area contributed by atoms with Crippen LogP contribution in [0.15, 0.2) is 17.1 Å². The zero-order valence-electron chi connectivity index (χ0n) is 13.7. The maximum absolute atomic E-state index is 12.9. The Kier molecular flexibility index (Phi) is 3.98. The van der Waals surface area contributed by atoms with Gasteiger partial charge in [-0.05, 0) is 24.1 Å². The van der Waals surface area contributed by atoms with Crippen LogP contribution in [0.1, 0.15) is 32.9 Å². The summed E-state index contributed by atoms with van der Waals surface area (Å²) < 4.78 is 41.0. The van der Waals surface area contributed by atoms with Gasteiger partial charge in [0.1, 0.15) is 10.7 Å². The summed E-state index contributed by atoms with van der Waals surface area (Å²) >= 11 is 6.02. The molecule has 1 aliphatic rings. The van der Waals surface area contributed by atoms with Crippen molar-refractivity contribution in [3.63, 3.8) is 0 Å². The first-order chi connectivity index (χ1) is 11.5. The van der Waals surface area contributed by atoms with Gasteiger partial charge in [0.05, 0.1) is 12.1 Å². The lowest BCUT2D eigenvalue weighted by molar-refractivity contribution is -0.143. The molecule has 3 heterocycles. The number of fused-ring (bicyclic) bond motifs is 1. The molecule has 0 radical (unpaired) electrons. The summed E-state index contributed by atoms with van der Waals surface area (Å²) in [6.07, 6.45) is -3.37. The van der Waals surface area contributed by atoms with Gasteiger partial charge >= 0.3 is 6.18 Å². The number of amides is 1. The average Bonchev–Trinajstić information content (AvgIpc) is 3.14. The van der Waals surface area contributed by atoms with Crippen LogP contribution in [0.2, 0.25) is 5.02 Å². The Labute approximate surface area is 146 Å². The standard InChI is InChI=1S/C16H15ClF3N3O2/c1-8-10-6-23(7-11(10)22(3)15(25)13(8)17)14(24)9-4-12(16(18,19)20)21(2)5-9/h4-5H,6-7H2,1-3H3. The Hall–Kier alpha value is -2.22. The Morgan fingerprint density at radius 3 is 2.44 bits per heavy atom. The predicted molar refractivity (Wildman–Crippen MR) is 85.4 cm³/mol. The van der Waals surface area contributed by atoms with Crippen molar-refractivity contribution in [3.05, 3.63) is 55.7 Å². The zero-order valence-corrected chi connectivity index (χ0v) is 14.5. The van der Waals surface area contributed by atoms with Crippen molar-refractivity contribution in [1.82, 2.24) is 14.0 Å². The topological polar surface area (TPSA) is 47.2 Å². The van der Waals surface area contributed by atoms with Crippen LogP contribution in [-0.2, 0) is 33.4 Å². The van der Waals surface area contributed by atoms with Gasteiger partial charge in [0.15, 0.2) is 0 Å². The molecule has 0 saturated carbocycles. The predicted octanol–water partition coefficient (Wildman–Crippen LogP) is 2.86. The summed E-state index contributed by atoms with van der Waals surface area (Å²) in [7, 11) is 2.80. The monoisotopic (exact) mass is 373 g/mol. The van der Waals surface area contributed by atoms with Crippen LogP contribution in [0.3, 0.4) is 0 Å². The van der Waals surface area contributed by atoms with E-state index in [0.29, 0.717) is 11.3 Å². The minimum Gasteiger partial charge on any atom is -0.346 e. The maximum Gasteiger partial charge on any atom is 0.431 e. The fourth-order valence-corrected chi connectivity index (χ4v) is 3.35. The van der Waals surface area contributed by atoms with Crippen LogP contribution in [0, 0.1) is 6.92 Å². The van der Waals surface area contributed by atoms with E-state index in [1.54, 1.807) is 14.0 Å². The normalized spacial score (nSPS) is 14.1. The Balaban J connectivity index is 1.95. The molecule has 0 spiro atoms. The third kappa shape index (κ3) is 2.74. The lowest BCUT2D eigenvalue weighted by atomic mass is 10.1. The molecule has 0 fully saturated rings. The molecule has 0 N–H and O–H groups in total. The van der Waals surface area contributed by atoms with E-state index in [0.717, 1.165) is 22.4 Å². The van der Waals surface area contributed by atoms with Crippen LogP contribution >= 0.6 is 11.6 Å². The molecule has 25 heavy (non-hydrogen) atoms. The molecule has 0 unspecified atom stereocenters. The quantitative estimate of drug-likeness (QED) is 0.771. The third-order valence-corrected chi connectivity index (χ3v) is 4.99. The highest BCUT2D eigenvalue weighted by molar-refractivity contribution is 6.31. The number of aryl methyl sites for hydroxylation is 1. The van der Waals surface area contributed by atoms with E-state index in [9.17, 15) is 22.8 Å². The van der Waals surface area contributed by atoms with Gasteiger partial charge in [-0.15, -0.1) is 0 Å². The van der Waals surface area contributed by atoms with Crippen molar-refractivity contribution in [1.29, 1.82) is 0 Å². The van der Waals surface area contributed by atoms with E-state index >= 15 is 0 Å². The number of hydrogen-bond acceptors (Lipinski definition) is 2. The van der Waals surface area contributed by atoms with Gasteiger partial charge < -0.3 is 14.0 Å². The molecule has 134 valence electrons. The Bertz CT molecular complexity index is 944. The number of rotatable bonds is 1. The van der Waals surface area contributed by atoms with E-state index in [4.69, 9.17) is 11.6 Å². The lowest BCUT2D eigenvalue weighted by Crippen LogP contribution is -2.26. The second-order valence-corrected chi connectivity index (χ2v) is 6.49. The first-order valence-electron chi connectivity index (χ1n) is 7.42. The molecular weight excluding hydrogens is 359 g/mol. The molecule has 2 aromatic rings. The zero-order chi connectivity index (χ0) is 18.7. The number of halogens is 4. The first-order valence-corrected chi connectivity index (χ1v) is 7.79. The molecule has 0 atom stereocenters. The summed E-state index contributed by atoms with van der Waals surface area (Å²) in [4.78, 5) is 26.1. The number of nitrogens with zero attached hydrogens (tertiary/aromatic N) is 3. The molecule has 1 aliphatic heterocycles. The van der Waals surface area contributed by atoms with Crippen molar-refractivity contribution in [2.24, 2.45) is 14.1 Å². The molecule has 0 saturated heterocycles. The first kappa shape index (κ1) is 17.6. The van der Waals surface area contributed by atoms with Gasteiger partial charge in [-0.2, -0.15) is 13.2 Å². The summed E-state index contributed by atoms with van der Waals surface area (Å²) in [5.74, 6) is -0.523. The molecule has 9 heteroatoms. The molecule has 0 bridgehead atoms. The number of pyridine rings is 1. The summed E-state index contributed by atoms with van der Waals surface area (Å²) in [6, 6.07) is 0.837. The van der Waals surface area contributed by atoms with Gasteiger partial charge in [-0.25, -0.2) is 0 Å². The highest BCUT2D eigenvalue weighted by Gasteiger charge is 2.36. The Morgan fingerprint density at radius 2 is 1.88 bits per heavy atom. The molecule has 5 nitrogen and oxygen atoms in total. The highest BCUT2D eigenvalue weighted by Crippen LogP contribution is 2.32. The van der Waals surface area contributed by atoms with Crippen molar-refractivity contribution < 1.29 is 18.0 Å². The number of carbonyl (C=O) groups excluding carboxylic acids is 1. The minimum atomic E-state index is -4.53. The van der Waals surface area contributed by atoms with E-state index < -0.39 is 17.8 Å². The molecular formula is C16H15ClF3N3O2. The van der Waals surface area contributed by atoms with E-state index in [1.807, 2.05) is 0 Å². The van der Waals surface area contributed by atoms with Gasteiger partial charge in [0.2, 0.25) is 0 Å². The largest absolute Gasteiger partial charge is 0.431 e. The summed E-state index contributed by atoms with van der Waals surface area (Å²) in [5.41, 5.74) is 0.709. The van der Waals surface area contributed by atoms with E-state index in [-0.39, 0.29) is 29.2 Å². The fourth-order valence-electron chi connectivity index (χ4n) is 3.11. The molecule has 0 aliphatic carbocycles. The molecule has 1 amide bonds. The number of hydrogen-bond donors (Lipinski definition) is 0. The van der Waals surface area contributed by atoms with Crippen LogP contribution in [0.25, 0.3) is 0 Å². The van der Waals surface area contributed by atoms with Gasteiger partial charge in [0, 0.05) is 32.5 Å².